The number of Topliss-reactive ketones (excluding diaryl/α,β-unsaturated/α-hetero) is 1. The van der Waals surface area contributed by atoms with E-state index in [2.05, 4.69) is 85.9 Å². The van der Waals surface area contributed by atoms with Crippen LogP contribution in [0.5, 0.6) is 0 Å². The summed E-state index contributed by atoms with van der Waals surface area (Å²) in [5.74, 6) is -0.294. The van der Waals surface area contributed by atoms with Crippen LogP contribution in [0.2, 0.25) is 0 Å². The number of nitrogens with one attached hydrogen (secondary N) is 1. The van der Waals surface area contributed by atoms with Gasteiger partial charge in [0.05, 0.1) is 18.0 Å². The Labute approximate surface area is 293 Å². The number of hydrogen-bond acceptors (Lipinski definition) is 4. The van der Waals surface area contributed by atoms with Gasteiger partial charge in [-0.05, 0) is 56.0 Å². The van der Waals surface area contributed by atoms with Crippen molar-refractivity contribution in [2.75, 3.05) is 5.32 Å². The molecule has 1 aromatic heterocycles. The van der Waals surface area contributed by atoms with Crippen molar-refractivity contribution in [1.82, 2.24) is 9.78 Å². The van der Waals surface area contributed by atoms with Crippen molar-refractivity contribution in [1.29, 1.82) is 0 Å². The van der Waals surface area contributed by atoms with Gasteiger partial charge in [0.25, 0.3) is 5.91 Å². The molecule has 6 nitrogen and oxygen atoms in total. The van der Waals surface area contributed by atoms with Crippen LogP contribution >= 0.6 is 0 Å². The zero-order valence-corrected chi connectivity index (χ0v) is 28.8. The Morgan fingerprint density at radius 2 is 1.36 bits per heavy atom. The second kappa shape index (κ2) is 13.9. The van der Waals surface area contributed by atoms with Crippen molar-refractivity contribution in [2.45, 2.75) is 46.1 Å². The van der Waals surface area contributed by atoms with Gasteiger partial charge in [-0.1, -0.05) is 138 Å². The number of anilines is 1. The summed E-state index contributed by atoms with van der Waals surface area (Å²) in [6.07, 6.45) is 1.89. The largest absolute Gasteiger partial charge is 0.322 e. The molecular formula is C44H40N4O2. The van der Waals surface area contributed by atoms with Gasteiger partial charge >= 0.3 is 0 Å². The predicted octanol–water partition coefficient (Wildman–Crippen LogP) is 9.77. The first kappa shape index (κ1) is 32.7. The average molecular weight is 657 g/mol. The maximum absolute atomic E-state index is 14.1. The van der Waals surface area contributed by atoms with Crippen LogP contribution in [0.3, 0.4) is 0 Å². The maximum Gasteiger partial charge on any atom is 0.261 e. The normalized spacial score (nSPS) is 15.9. The lowest BCUT2D eigenvalue weighted by Crippen LogP contribution is -2.37. The standard InChI is InChI=1S/C44H40N4O2/c1-28-15-20-32(21-16-28)36(26-39(49)33-11-7-5-8-12-33)40-41(34-13-9-6-10-14-34)47-43-37(44(50)46-38-24-19-30(3)25-31(38)4)27-45-48(43)42(40)35-22-17-29(2)18-23-35/h5-25,27,36,40,42H,26H2,1-4H3,(H,46,50)/t36-,40+,42-/m0/s1. The first-order valence-electron chi connectivity index (χ1n) is 17.1. The molecule has 0 unspecified atom stereocenters. The Balaban J connectivity index is 1.43. The van der Waals surface area contributed by atoms with Crippen molar-refractivity contribution >= 4 is 28.9 Å². The van der Waals surface area contributed by atoms with E-state index < -0.39 is 0 Å². The number of nitrogens with zero attached hydrogens (tertiary/aromatic N) is 3. The number of fused-ring (bicyclic) bond motifs is 1. The lowest BCUT2D eigenvalue weighted by molar-refractivity contribution is 0.0964. The third-order valence-corrected chi connectivity index (χ3v) is 9.72. The highest BCUT2D eigenvalue weighted by molar-refractivity contribution is 6.11. The Kier molecular flexibility index (Phi) is 9.09. The van der Waals surface area contributed by atoms with Crippen LogP contribution in [0.4, 0.5) is 11.5 Å². The Morgan fingerprint density at radius 3 is 2.02 bits per heavy atom. The predicted molar refractivity (Wildman–Crippen MR) is 201 cm³/mol. The third-order valence-electron chi connectivity index (χ3n) is 9.72. The number of amides is 1. The highest BCUT2D eigenvalue weighted by Gasteiger charge is 2.43. The van der Waals surface area contributed by atoms with Gasteiger partial charge in [-0.15, -0.1) is 0 Å². The van der Waals surface area contributed by atoms with Crippen molar-refractivity contribution in [2.24, 2.45) is 10.9 Å². The molecular weight excluding hydrogens is 617 g/mol. The van der Waals surface area contributed by atoms with Crippen LogP contribution in [0, 0.1) is 33.6 Å². The number of hydrogen-bond donors (Lipinski definition) is 1. The van der Waals surface area contributed by atoms with Crippen molar-refractivity contribution in [3.05, 3.63) is 184 Å². The Morgan fingerprint density at radius 1 is 0.740 bits per heavy atom. The molecule has 50 heavy (non-hydrogen) atoms. The molecule has 0 spiro atoms. The number of rotatable bonds is 9. The smallest absolute Gasteiger partial charge is 0.261 e. The van der Waals surface area contributed by atoms with Crippen molar-refractivity contribution in [3.63, 3.8) is 0 Å². The average Bonchev–Trinajstić information content (AvgIpc) is 3.56. The number of aromatic nitrogens is 2. The number of aryl methyl sites for hydroxylation is 4. The van der Waals surface area contributed by atoms with E-state index in [4.69, 9.17) is 10.1 Å². The van der Waals surface area contributed by atoms with Crippen LogP contribution in [0.15, 0.2) is 139 Å². The van der Waals surface area contributed by atoms with E-state index in [1.807, 2.05) is 79.2 Å². The molecule has 1 aliphatic heterocycles. The molecule has 3 atom stereocenters. The fourth-order valence-electron chi connectivity index (χ4n) is 7.06. The second-order valence-corrected chi connectivity index (χ2v) is 13.4. The molecule has 0 saturated carbocycles. The van der Waals surface area contributed by atoms with Crippen LogP contribution < -0.4 is 5.32 Å². The molecule has 0 fully saturated rings. The second-order valence-electron chi connectivity index (χ2n) is 13.4. The minimum absolute atomic E-state index is 0.0611. The summed E-state index contributed by atoms with van der Waals surface area (Å²) in [5, 5.41) is 8.02. The third kappa shape index (κ3) is 6.57. The van der Waals surface area contributed by atoms with E-state index >= 15 is 0 Å². The topological polar surface area (TPSA) is 76.3 Å². The molecule has 6 heteroatoms. The van der Waals surface area contributed by atoms with Gasteiger partial charge in [0.1, 0.15) is 5.56 Å². The highest BCUT2D eigenvalue weighted by Crippen LogP contribution is 2.47. The molecule has 1 amide bonds. The number of aliphatic imine (C=N–C) groups is 1. The molecule has 0 saturated heterocycles. The monoisotopic (exact) mass is 656 g/mol. The number of benzene rings is 5. The minimum Gasteiger partial charge on any atom is -0.322 e. The summed E-state index contributed by atoms with van der Waals surface area (Å²) in [5.41, 5.74) is 10.0. The minimum atomic E-state index is -0.365. The van der Waals surface area contributed by atoms with Crippen LogP contribution in [-0.2, 0) is 0 Å². The van der Waals surface area contributed by atoms with Gasteiger partial charge in [0.15, 0.2) is 11.6 Å². The number of ketones is 1. The summed E-state index contributed by atoms with van der Waals surface area (Å²) in [4.78, 5) is 33.5. The molecule has 7 rings (SSSR count). The van der Waals surface area contributed by atoms with Crippen molar-refractivity contribution in [3.8, 4) is 0 Å². The molecule has 1 N–H and O–H groups in total. The summed E-state index contributed by atoms with van der Waals surface area (Å²) in [7, 11) is 0. The maximum atomic E-state index is 14.1. The first-order chi connectivity index (χ1) is 24.3. The molecule has 0 radical (unpaired) electrons. The molecule has 0 bridgehead atoms. The molecule has 6 aromatic rings. The summed E-state index contributed by atoms with van der Waals surface area (Å²) >= 11 is 0. The van der Waals surface area contributed by atoms with E-state index in [1.54, 1.807) is 6.20 Å². The van der Waals surface area contributed by atoms with Crippen LogP contribution in [0.1, 0.15) is 78.0 Å². The molecule has 1 aliphatic rings. The lowest BCUT2D eigenvalue weighted by atomic mass is 9.71. The zero-order valence-electron chi connectivity index (χ0n) is 28.8. The van der Waals surface area contributed by atoms with Gasteiger partial charge in [0, 0.05) is 29.5 Å². The van der Waals surface area contributed by atoms with Gasteiger partial charge in [-0.3, -0.25) is 9.59 Å². The van der Waals surface area contributed by atoms with E-state index in [1.165, 1.54) is 0 Å². The summed E-state index contributed by atoms with van der Waals surface area (Å²) in [6.45, 7) is 8.16. The van der Waals surface area contributed by atoms with Gasteiger partial charge in [-0.25, -0.2) is 9.67 Å². The molecule has 2 heterocycles. The van der Waals surface area contributed by atoms with E-state index in [-0.39, 0.29) is 36.0 Å². The zero-order chi connectivity index (χ0) is 34.8. The Hall–Kier alpha value is -5.88. The molecule has 248 valence electrons. The first-order valence-corrected chi connectivity index (χ1v) is 17.1. The van der Waals surface area contributed by atoms with E-state index in [0.717, 1.165) is 50.3 Å². The number of carbonyl (C=O) groups is 2. The lowest BCUT2D eigenvalue weighted by Gasteiger charge is -2.39. The van der Waals surface area contributed by atoms with Gasteiger partial charge in [0.2, 0.25) is 0 Å². The van der Waals surface area contributed by atoms with Crippen molar-refractivity contribution < 1.29 is 9.59 Å². The SMILES string of the molecule is Cc1ccc([C@H](CC(=O)c2ccccc2)[C@@H]2C(c3ccccc3)=Nc3c(C(=O)Nc4ccc(C)cc4C)cnn3[C@H]2c2ccc(C)cc2)cc1. The Bertz CT molecular complexity index is 2180. The van der Waals surface area contributed by atoms with Crippen LogP contribution in [0.25, 0.3) is 0 Å². The van der Waals surface area contributed by atoms with Gasteiger partial charge < -0.3 is 5.32 Å². The van der Waals surface area contributed by atoms with E-state index in [9.17, 15) is 9.59 Å². The highest BCUT2D eigenvalue weighted by atomic mass is 16.1. The number of carbonyl (C=O) groups excluding carboxylic acids is 2. The summed E-state index contributed by atoms with van der Waals surface area (Å²) in [6, 6.07) is 42.2. The van der Waals surface area contributed by atoms with E-state index in [0.29, 0.717) is 16.9 Å². The molecule has 5 aromatic carbocycles. The fourth-order valence-corrected chi connectivity index (χ4v) is 7.06. The summed E-state index contributed by atoms with van der Waals surface area (Å²) < 4.78 is 1.90. The molecule has 0 aliphatic carbocycles. The quantitative estimate of drug-likeness (QED) is 0.157. The van der Waals surface area contributed by atoms with Crippen LogP contribution in [-0.4, -0.2) is 27.2 Å². The fraction of sp³-hybridized carbons (Fsp3) is 0.182. The van der Waals surface area contributed by atoms with Gasteiger partial charge in [-0.2, -0.15) is 5.10 Å².